The highest BCUT2D eigenvalue weighted by molar-refractivity contribution is 7.53. The van der Waals surface area contributed by atoms with Gasteiger partial charge in [-0.15, -0.1) is 0 Å². The van der Waals surface area contributed by atoms with E-state index in [0.29, 0.717) is 23.4 Å². The van der Waals surface area contributed by atoms with E-state index in [9.17, 15) is 14.2 Å². The van der Waals surface area contributed by atoms with Crippen molar-refractivity contribution in [1.29, 1.82) is 0 Å². The molecule has 11 heteroatoms. The number of unbranched alkanes of at least 4 members (excludes halogenated alkanes) is 1. The van der Waals surface area contributed by atoms with Crippen LogP contribution in [0.1, 0.15) is 65.7 Å². The molecular weight excluding hydrogens is 457 g/mol. The van der Waals surface area contributed by atoms with E-state index >= 15 is 0 Å². The van der Waals surface area contributed by atoms with E-state index in [1.165, 1.54) is 10.7 Å². The third-order valence-corrected chi connectivity index (χ3v) is 7.12. The minimum absolute atomic E-state index is 0.0474. The van der Waals surface area contributed by atoms with E-state index in [1.807, 2.05) is 0 Å². The Bertz CT molecular complexity index is 1200. The molecular formula is C23H30N5O5P. The van der Waals surface area contributed by atoms with E-state index in [1.54, 1.807) is 44.2 Å². The summed E-state index contributed by atoms with van der Waals surface area (Å²) in [6.07, 6.45) is 4.10. The number of fused-ring (bicyclic) bond motifs is 1. The molecule has 0 aliphatic carbocycles. The molecule has 0 saturated heterocycles. The predicted molar refractivity (Wildman–Crippen MR) is 129 cm³/mol. The number of hydrogen-bond acceptors (Lipinski definition) is 7. The number of nitrogens with zero attached hydrogens (tertiary/aromatic N) is 3. The van der Waals surface area contributed by atoms with Gasteiger partial charge in [0.2, 0.25) is 0 Å². The second-order valence-corrected chi connectivity index (χ2v) is 9.70. The number of nitrogens with one attached hydrogen (secondary N) is 1. The van der Waals surface area contributed by atoms with Crippen molar-refractivity contribution in [2.24, 2.45) is 5.73 Å². The number of amides is 2. The van der Waals surface area contributed by atoms with Gasteiger partial charge >= 0.3 is 7.60 Å². The minimum atomic E-state index is -3.24. The van der Waals surface area contributed by atoms with Crippen LogP contribution in [0, 0.1) is 0 Å². The van der Waals surface area contributed by atoms with Crippen LogP contribution in [0.15, 0.2) is 36.7 Å². The topological polar surface area (TPSA) is 138 Å². The second kappa shape index (κ2) is 11.4. The molecule has 0 aliphatic rings. The summed E-state index contributed by atoms with van der Waals surface area (Å²) < 4.78 is 25.0. The number of anilines is 1. The van der Waals surface area contributed by atoms with Gasteiger partial charge in [0.25, 0.3) is 11.8 Å². The summed E-state index contributed by atoms with van der Waals surface area (Å²) in [6, 6.07) is 8.49. The van der Waals surface area contributed by atoms with E-state index in [4.69, 9.17) is 14.8 Å². The summed E-state index contributed by atoms with van der Waals surface area (Å²) in [7, 11) is -3.24. The molecule has 0 aliphatic heterocycles. The SMILES string of the molecule is CCCCc1cc(NC(=O)c2ccc(CP(=O)(OCC)OCC)cc2)n2cnc(C(N)=O)c2n1. The monoisotopic (exact) mass is 487 g/mol. The molecule has 0 unspecified atom stereocenters. The zero-order valence-corrected chi connectivity index (χ0v) is 20.5. The van der Waals surface area contributed by atoms with Crippen molar-refractivity contribution >= 4 is 30.9 Å². The second-order valence-electron chi connectivity index (χ2n) is 7.64. The molecule has 2 heterocycles. The van der Waals surface area contributed by atoms with Crippen LogP contribution in [0.3, 0.4) is 0 Å². The van der Waals surface area contributed by atoms with Gasteiger partial charge in [-0.3, -0.25) is 18.6 Å². The lowest BCUT2D eigenvalue weighted by Crippen LogP contribution is -2.16. The third-order valence-electron chi connectivity index (χ3n) is 5.06. The number of imidazole rings is 1. The fourth-order valence-electron chi connectivity index (χ4n) is 3.47. The number of aryl methyl sites for hydroxylation is 1. The highest BCUT2D eigenvalue weighted by Gasteiger charge is 2.24. The smallest absolute Gasteiger partial charge is 0.335 e. The number of carbonyl (C=O) groups is 2. The van der Waals surface area contributed by atoms with Crippen molar-refractivity contribution in [2.45, 2.75) is 46.2 Å². The van der Waals surface area contributed by atoms with Crippen molar-refractivity contribution < 1.29 is 23.2 Å². The van der Waals surface area contributed by atoms with Crippen LogP contribution in [0.25, 0.3) is 5.65 Å². The van der Waals surface area contributed by atoms with E-state index in [2.05, 4.69) is 22.2 Å². The Morgan fingerprint density at radius 3 is 2.38 bits per heavy atom. The van der Waals surface area contributed by atoms with Crippen LogP contribution in [-0.4, -0.2) is 39.4 Å². The number of aromatic nitrogens is 3. The molecule has 0 spiro atoms. The Balaban J connectivity index is 1.84. The molecule has 0 atom stereocenters. The zero-order chi connectivity index (χ0) is 24.7. The molecule has 0 bridgehead atoms. The van der Waals surface area contributed by atoms with Gasteiger partial charge in [-0.25, -0.2) is 9.97 Å². The van der Waals surface area contributed by atoms with E-state index in [-0.39, 0.29) is 31.0 Å². The maximum Gasteiger partial charge on any atom is 0.335 e. The summed E-state index contributed by atoms with van der Waals surface area (Å²) in [5, 5.41) is 2.87. The van der Waals surface area contributed by atoms with E-state index < -0.39 is 13.5 Å². The lowest BCUT2D eigenvalue weighted by molar-refractivity contribution is 0.0995. The van der Waals surface area contributed by atoms with Gasteiger partial charge in [-0.2, -0.15) is 0 Å². The standard InChI is InChI=1S/C23H30N5O5P/c1-4-7-8-18-13-19(28-15-25-20(21(24)29)22(28)26-18)27-23(30)17-11-9-16(10-12-17)14-34(31,32-5-2)33-6-3/h9-13,15H,4-8,14H2,1-3H3,(H2,24,29)(H,27,30). The number of primary amides is 1. The number of benzene rings is 1. The summed E-state index contributed by atoms with van der Waals surface area (Å²) in [5.41, 5.74) is 7.64. The molecule has 2 amide bonds. The van der Waals surface area contributed by atoms with Crippen molar-refractivity contribution in [1.82, 2.24) is 14.4 Å². The van der Waals surface area contributed by atoms with Crippen molar-refractivity contribution in [3.8, 4) is 0 Å². The molecule has 10 nitrogen and oxygen atoms in total. The van der Waals surface area contributed by atoms with Crippen LogP contribution in [0.2, 0.25) is 0 Å². The Morgan fingerprint density at radius 1 is 1.12 bits per heavy atom. The fourth-order valence-corrected chi connectivity index (χ4v) is 5.17. The Kier molecular flexibility index (Phi) is 8.55. The van der Waals surface area contributed by atoms with Crippen LogP contribution in [0.5, 0.6) is 0 Å². The van der Waals surface area contributed by atoms with Gasteiger partial charge in [0.05, 0.1) is 19.4 Å². The first-order valence-corrected chi connectivity index (χ1v) is 13.0. The number of hydrogen-bond donors (Lipinski definition) is 2. The largest absolute Gasteiger partial charge is 0.364 e. The van der Waals surface area contributed by atoms with Crippen LogP contribution < -0.4 is 11.1 Å². The molecule has 3 N–H and O–H groups in total. The fraction of sp³-hybridized carbons (Fsp3) is 0.391. The van der Waals surface area contributed by atoms with Crippen LogP contribution >= 0.6 is 7.60 Å². The lowest BCUT2D eigenvalue weighted by atomic mass is 10.1. The van der Waals surface area contributed by atoms with Crippen LogP contribution in [0.4, 0.5) is 5.82 Å². The molecule has 3 rings (SSSR count). The number of carbonyl (C=O) groups excluding carboxylic acids is 2. The van der Waals surface area contributed by atoms with Crippen molar-refractivity contribution in [3.63, 3.8) is 0 Å². The van der Waals surface area contributed by atoms with Gasteiger partial charge in [-0.05, 0) is 44.4 Å². The molecule has 34 heavy (non-hydrogen) atoms. The average Bonchev–Trinajstić information content (AvgIpc) is 3.23. The van der Waals surface area contributed by atoms with Gasteiger partial charge < -0.3 is 20.1 Å². The van der Waals surface area contributed by atoms with E-state index in [0.717, 1.165) is 24.1 Å². The van der Waals surface area contributed by atoms with Crippen molar-refractivity contribution in [3.05, 3.63) is 59.2 Å². The summed E-state index contributed by atoms with van der Waals surface area (Å²) in [6.45, 7) is 6.15. The normalized spacial score (nSPS) is 11.6. The third kappa shape index (κ3) is 6.08. The number of rotatable bonds is 12. The Morgan fingerprint density at radius 2 is 1.79 bits per heavy atom. The summed E-state index contributed by atoms with van der Waals surface area (Å²) in [4.78, 5) is 33.3. The first-order valence-electron chi connectivity index (χ1n) is 11.2. The van der Waals surface area contributed by atoms with Gasteiger partial charge in [-0.1, -0.05) is 25.5 Å². The van der Waals surface area contributed by atoms with Crippen molar-refractivity contribution in [2.75, 3.05) is 18.5 Å². The lowest BCUT2D eigenvalue weighted by Gasteiger charge is -2.17. The molecule has 0 saturated carbocycles. The van der Waals surface area contributed by atoms with Gasteiger partial charge in [0.1, 0.15) is 12.1 Å². The molecule has 0 radical (unpaired) electrons. The molecule has 0 fully saturated rings. The first-order chi connectivity index (χ1) is 16.3. The highest BCUT2D eigenvalue weighted by atomic mass is 31.2. The Labute approximate surface area is 198 Å². The predicted octanol–water partition coefficient (Wildman–Crippen LogP) is 4.19. The summed E-state index contributed by atoms with van der Waals surface area (Å²) in [5.74, 6) is -0.609. The van der Waals surface area contributed by atoms with Crippen LogP contribution in [-0.2, 0) is 26.2 Å². The minimum Gasteiger partial charge on any atom is -0.364 e. The average molecular weight is 487 g/mol. The molecule has 2 aromatic heterocycles. The highest BCUT2D eigenvalue weighted by Crippen LogP contribution is 2.51. The quantitative estimate of drug-likeness (QED) is 0.365. The number of nitrogens with two attached hydrogens (primary N) is 1. The maximum atomic E-state index is 13.0. The van der Waals surface area contributed by atoms with Gasteiger partial charge in [0, 0.05) is 17.3 Å². The molecule has 1 aromatic carbocycles. The molecule has 182 valence electrons. The molecule has 3 aromatic rings. The summed E-state index contributed by atoms with van der Waals surface area (Å²) >= 11 is 0. The Hall–Kier alpha value is -3.07. The zero-order valence-electron chi connectivity index (χ0n) is 19.6. The van der Waals surface area contributed by atoms with Gasteiger partial charge in [0.15, 0.2) is 11.3 Å². The maximum absolute atomic E-state index is 13.0. The first kappa shape index (κ1) is 25.6.